The molecule has 0 aliphatic rings. The summed E-state index contributed by atoms with van der Waals surface area (Å²) in [5, 5.41) is 17.2. The van der Waals surface area contributed by atoms with E-state index in [0.717, 1.165) is 22.3 Å². The Balaban J connectivity index is 2.06. The van der Waals surface area contributed by atoms with Gasteiger partial charge in [0, 0.05) is 10.8 Å². The van der Waals surface area contributed by atoms with Gasteiger partial charge in [0.1, 0.15) is 5.01 Å². The van der Waals surface area contributed by atoms with Crippen molar-refractivity contribution in [3.8, 4) is 0 Å². The molecule has 2 aromatic rings. The van der Waals surface area contributed by atoms with Gasteiger partial charge in [-0.3, -0.25) is 0 Å². The van der Waals surface area contributed by atoms with Crippen LogP contribution in [0.4, 0.5) is 5.13 Å². The fourth-order valence-electron chi connectivity index (χ4n) is 1.37. The number of rotatable bonds is 5. The second-order valence-corrected chi connectivity index (χ2v) is 5.49. The molecular weight excluding hydrogens is 270 g/mol. The number of aryl methyl sites for hydroxylation is 1. The van der Waals surface area contributed by atoms with Crippen molar-refractivity contribution in [3.63, 3.8) is 0 Å². The fourth-order valence-corrected chi connectivity index (χ4v) is 3.05. The van der Waals surface area contributed by atoms with Gasteiger partial charge in [0.15, 0.2) is 10.8 Å². The molecule has 7 heteroatoms. The normalized spacial score (nSPS) is 12.3. The van der Waals surface area contributed by atoms with Gasteiger partial charge >= 0.3 is 5.97 Å². The number of nitrogens with zero attached hydrogens (tertiary/aromatic N) is 2. The maximum Gasteiger partial charge on any atom is 0.355 e. The molecule has 0 aliphatic carbocycles. The number of aromatic nitrogens is 2. The minimum atomic E-state index is -0.993. The minimum Gasteiger partial charge on any atom is -0.476 e. The molecule has 0 saturated heterocycles. The van der Waals surface area contributed by atoms with Crippen molar-refractivity contribution in [2.24, 2.45) is 0 Å². The first-order valence-electron chi connectivity index (χ1n) is 5.49. The summed E-state index contributed by atoms with van der Waals surface area (Å²) in [5.41, 5.74) is 1.15. The van der Waals surface area contributed by atoms with E-state index in [2.05, 4.69) is 22.2 Å². The predicted octanol–water partition coefficient (Wildman–Crippen LogP) is 3.03. The van der Waals surface area contributed by atoms with Crippen LogP contribution in [0.1, 0.15) is 41.1 Å². The van der Waals surface area contributed by atoms with Crippen molar-refractivity contribution in [3.05, 3.63) is 27.2 Å². The molecule has 0 radical (unpaired) electrons. The molecule has 5 nitrogen and oxygen atoms in total. The number of anilines is 1. The lowest BCUT2D eigenvalue weighted by molar-refractivity contribution is 0.0691. The summed E-state index contributed by atoms with van der Waals surface area (Å²) in [6, 6.07) is -0.0426. The first kappa shape index (κ1) is 13.0. The molecule has 0 spiro atoms. The molecule has 96 valence electrons. The van der Waals surface area contributed by atoms with Gasteiger partial charge in [0.05, 0.1) is 11.7 Å². The van der Waals surface area contributed by atoms with Gasteiger partial charge < -0.3 is 10.4 Å². The average molecular weight is 283 g/mol. The maximum absolute atomic E-state index is 10.8. The van der Waals surface area contributed by atoms with Crippen LogP contribution in [0, 0.1) is 0 Å². The Morgan fingerprint density at radius 2 is 2.22 bits per heavy atom. The molecule has 0 bridgehead atoms. The smallest absolute Gasteiger partial charge is 0.355 e. The number of carboxylic acid groups (broad SMARTS) is 1. The highest BCUT2D eigenvalue weighted by Crippen LogP contribution is 2.24. The molecule has 0 saturated carbocycles. The molecule has 18 heavy (non-hydrogen) atoms. The predicted molar refractivity (Wildman–Crippen MR) is 72.6 cm³/mol. The third kappa shape index (κ3) is 2.85. The van der Waals surface area contributed by atoms with Crippen LogP contribution in [0.3, 0.4) is 0 Å². The quantitative estimate of drug-likeness (QED) is 0.882. The summed E-state index contributed by atoms with van der Waals surface area (Å²) in [4.78, 5) is 19.2. The molecule has 0 fully saturated rings. The molecular formula is C11H13N3O2S2. The molecule has 0 aromatic carbocycles. The number of carboxylic acids is 1. The first-order valence-corrected chi connectivity index (χ1v) is 7.25. The fraction of sp³-hybridized carbons (Fsp3) is 0.364. The van der Waals surface area contributed by atoms with Gasteiger partial charge in [-0.1, -0.05) is 6.92 Å². The lowest BCUT2D eigenvalue weighted by Gasteiger charge is -2.08. The van der Waals surface area contributed by atoms with Crippen molar-refractivity contribution in [1.29, 1.82) is 0 Å². The van der Waals surface area contributed by atoms with E-state index in [1.807, 2.05) is 12.3 Å². The maximum atomic E-state index is 10.8. The zero-order valence-corrected chi connectivity index (χ0v) is 11.6. The number of thiazole rings is 2. The topological polar surface area (TPSA) is 75.1 Å². The number of aromatic carboxylic acids is 1. The van der Waals surface area contributed by atoms with Gasteiger partial charge in [-0.05, 0) is 13.3 Å². The Morgan fingerprint density at radius 1 is 1.44 bits per heavy atom. The van der Waals surface area contributed by atoms with Crippen LogP contribution in [0.2, 0.25) is 0 Å². The lowest BCUT2D eigenvalue weighted by atomic mass is 10.3. The Labute approximate surface area is 113 Å². The third-order valence-corrected chi connectivity index (χ3v) is 4.22. The van der Waals surface area contributed by atoms with Gasteiger partial charge in [0.25, 0.3) is 0 Å². The Kier molecular flexibility index (Phi) is 3.93. The highest BCUT2D eigenvalue weighted by atomic mass is 32.1. The first-order chi connectivity index (χ1) is 8.60. The Morgan fingerprint density at radius 3 is 2.78 bits per heavy atom. The lowest BCUT2D eigenvalue weighted by Crippen LogP contribution is -2.07. The number of hydrogen-bond donors (Lipinski definition) is 2. The van der Waals surface area contributed by atoms with Crippen molar-refractivity contribution in [1.82, 2.24) is 9.97 Å². The monoisotopic (exact) mass is 283 g/mol. The standard InChI is InChI=1S/C11H13N3O2S2/c1-3-7-4-18-11(13-7)12-6(2)9-14-8(5-17-9)10(15)16/h4-6H,3H2,1-2H3,(H,12,13)(H,15,16). The molecule has 2 aromatic heterocycles. The van der Waals surface area contributed by atoms with Gasteiger partial charge in [-0.25, -0.2) is 14.8 Å². The Hall–Kier alpha value is -1.47. The summed E-state index contributed by atoms with van der Waals surface area (Å²) >= 11 is 2.89. The van der Waals surface area contributed by atoms with E-state index >= 15 is 0 Å². The van der Waals surface area contributed by atoms with E-state index in [-0.39, 0.29) is 11.7 Å². The van der Waals surface area contributed by atoms with Gasteiger partial charge in [-0.15, -0.1) is 22.7 Å². The van der Waals surface area contributed by atoms with Crippen molar-refractivity contribution < 1.29 is 9.90 Å². The van der Waals surface area contributed by atoms with Crippen molar-refractivity contribution >= 4 is 33.8 Å². The van der Waals surface area contributed by atoms with Crippen molar-refractivity contribution in [2.45, 2.75) is 26.3 Å². The van der Waals surface area contributed by atoms with Crippen LogP contribution in [0.5, 0.6) is 0 Å². The van der Waals surface area contributed by atoms with E-state index in [4.69, 9.17) is 5.11 Å². The minimum absolute atomic E-state index is 0.0426. The van der Waals surface area contributed by atoms with Crippen LogP contribution in [0.25, 0.3) is 0 Å². The second-order valence-electron chi connectivity index (χ2n) is 3.74. The van der Waals surface area contributed by atoms with E-state index in [9.17, 15) is 4.79 Å². The summed E-state index contributed by atoms with van der Waals surface area (Å²) < 4.78 is 0. The molecule has 1 atom stereocenters. The zero-order chi connectivity index (χ0) is 13.1. The number of hydrogen-bond acceptors (Lipinski definition) is 6. The summed E-state index contributed by atoms with van der Waals surface area (Å²) in [6.45, 7) is 4.00. The summed E-state index contributed by atoms with van der Waals surface area (Å²) in [6.07, 6.45) is 0.910. The molecule has 1 unspecified atom stereocenters. The van der Waals surface area contributed by atoms with Crippen LogP contribution in [-0.2, 0) is 6.42 Å². The molecule has 0 amide bonds. The zero-order valence-electron chi connectivity index (χ0n) is 10.0. The molecule has 2 rings (SSSR count). The van der Waals surface area contributed by atoms with E-state index in [1.54, 1.807) is 16.7 Å². The van der Waals surface area contributed by atoms with E-state index < -0.39 is 5.97 Å². The molecule has 2 heterocycles. The average Bonchev–Trinajstić information content (AvgIpc) is 2.97. The van der Waals surface area contributed by atoms with Crippen LogP contribution in [0.15, 0.2) is 10.8 Å². The third-order valence-electron chi connectivity index (χ3n) is 2.37. The SMILES string of the molecule is CCc1csc(NC(C)c2nc(C(=O)O)cs2)n1. The van der Waals surface area contributed by atoms with Gasteiger partial charge in [-0.2, -0.15) is 0 Å². The van der Waals surface area contributed by atoms with Crippen LogP contribution >= 0.6 is 22.7 Å². The van der Waals surface area contributed by atoms with E-state index in [0.29, 0.717) is 0 Å². The molecule has 2 N–H and O–H groups in total. The highest BCUT2D eigenvalue weighted by molar-refractivity contribution is 7.13. The van der Waals surface area contributed by atoms with Crippen LogP contribution in [-0.4, -0.2) is 21.0 Å². The van der Waals surface area contributed by atoms with Crippen LogP contribution < -0.4 is 5.32 Å². The number of carbonyl (C=O) groups is 1. The van der Waals surface area contributed by atoms with Crippen molar-refractivity contribution in [2.75, 3.05) is 5.32 Å². The summed E-state index contributed by atoms with van der Waals surface area (Å²) in [7, 11) is 0. The van der Waals surface area contributed by atoms with Gasteiger partial charge in [0.2, 0.25) is 0 Å². The largest absolute Gasteiger partial charge is 0.476 e. The summed E-state index contributed by atoms with van der Waals surface area (Å²) in [5.74, 6) is -0.993. The molecule has 0 aliphatic heterocycles. The highest BCUT2D eigenvalue weighted by Gasteiger charge is 2.14. The van der Waals surface area contributed by atoms with E-state index in [1.165, 1.54) is 11.3 Å². The Bertz CT molecular complexity index is 550. The second kappa shape index (κ2) is 5.45. The number of nitrogens with one attached hydrogen (secondary N) is 1.